The van der Waals surface area contributed by atoms with Crippen LogP contribution in [0.2, 0.25) is 0 Å². The molecule has 0 radical (unpaired) electrons. The third-order valence-electron chi connectivity index (χ3n) is 2.60. The molecule has 2 aromatic heterocycles. The molecule has 2 heteroatoms. The van der Waals surface area contributed by atoms with Crippen LogP contribution in [0.5, 0.6) is 0 Å². The van der Waals surface area contributed by atoms with Gasteiger partial charge >= 0.3 is 0 Å². The Labute approximate surface area is 93.6 Å². The van der Waals surface area contributed by atoms with Crippen LogP contribution >= 0.6 is 0 Å². The van der Waals surface area contributed by atoms with Gasteiger partial charge in [-0.2, -0.15) is 0 Å². The van der Waals surface area contributed by atoms with E-state index in [4.69, 9.17) is 0 Å². The third-order valence-corrected chi connectivity index (χ3v) is 2.60. The molecule has 0 fully saturated rings. The second-order valence-electron chi connectivity index (χ2n) is 3.63. The van der Waals surface area contributed by atoms with E-state index in [9.17, 15) is 0 Å². The van der Waals surface area contributed by atoms with Crippen molar-refractivity contribution >= 4 is 10.9 Å². The van der Waals surface area contributed by atoms with Crippen molar-refractivity contribution in [3.05, 3.63) is 61.1 Å². The van der Waals surface area contributed by atoms with Gasteiger partial charge in [0.25, 0.3) is 0 Å². The molecular weight excluding hydrogens is 196 g/mol. The highest BCUT2D eigenvalue weighted by Gasteiger charge is 2.03. The predicted octanol–water partition coefficient (Wildman–Crippen LogP) is 3.30. The normalized spacial score (nSPS) is 10.5. The summed E-state index contributed by atoms with van der Waals surface area (Å²) in [6, 6.07) is 14.2. The first kappa shape index (κ1) is 9.04. The summed E-state index contributed by atoms with van der Waals surface area (Å²) in [7, 11) is 0. The molecule has 0 amide bonds. The third kappa shape index (κ3) is 1.44. The van der Waals surface area contributed by atoms with E-state index in [-0.39, 0.29) is 0 Å². The number of fused-ring (bicyclic) bond motifs is 1. The minimum atomic E-state index is 1.00. The Kier molecular flexibility index (Phi) is 2.11. The minimum Gasteiger partial charge on any atom is -0.263 e. The Hall–Kier alpha value is -2.22. The molecule has 0 saturated heterocycles. The molecule has 0 unspecified atom stereocenters. The molecule has 2 nitrogen and oxygen atoms in total. The number of aromatic nitrogens is 2. The van der Waals surface area contributed by atoms with Crippen LogP contribution in [-0.2, 0) is 0 Å². The van der Waals surface area contributed by atoms with E-state index in [0.717, 1.165) is 22.0 Å². The molecule has 0 aliphatic rings. The summed E-state index contributed by atoms with van der Waals surface area (Å²) in [5, 5.41) is 1.07. The van der Waals surface area contributed by atoms with Crippen molar-refractivity contribution in [1.82, 2.24) is 9.97 Å². The fourth-order valence-electron chi connectivity index (χ4n) is 1.83. The number of hydrogen-bond donors (Lipinski definition) is 0. The number of hydrogen-bond acceptors (Lipinski definition) is 2. The van der Waals surface area contributed by atoms with E-state index >= 15 is 0 Å². The SMILES string of the molecule is c1ccc(-c2cncc3cccnc23)cc1. The monoisotopic (exact) mass is 206 g/mol. The molecule has 2 heterocycles. The Morgan fingerprint density at radius 2 is 1.69 bits per heavy atom. The van der Waals surface area contributed by atoms with Crippen molar-refractivity contribution < 1.29 is 0 Å². The average Bonchev–Trinajstić information content (AvgIpc) is 2.39. The highest BCUT2D eigenvalue weighted by molar-refractivity contribution is 5.92. The molecule has 16 heavy (non-hydrogen) atoms. The van der Waals surface area contributed by atoms with Crippen molar-refractivity contribution in [2.45, 2.75) is 0 Å². The Morgan fingerprint density at radius 1 is 0.812 bits per heavy atom. The zero-order chi connectivity index (χ0) is 10.8. The van der Waals surface area contributed by atoms with Gasteiger partial charge in [-0.3, -0.25) is 9.97 Å². The highest BCUT2D eigenvalue weighted by atomic mass is 14.7. The van der Waals surface area contributed by atoms with Gasteiger partial charge in [-0.1, -0.05) is 30.3 Å². The molecule has 0 aliphatic carbocycles. The van der Waals surface area contributed by atoms with Crippen LogP contribution in [0.15, 0.2) is 61.1 Å². The molecule has 3 rings (SSSR count). The largest absolute Gasteiger partial charge is 0.263 e. The minimum absolute atomic E-state index is 1.00. The maximum Gasteiger partial charge on any atom is 0.0811 e. The Morgan fingerprint density at radius 3 is 2.56 bits per heavy atom. The van der Waals surface area contributed by atoms with Crippen molar-refractivity contribution in [2.24, 2.45) is 0 Å². The molecular formula is C14H10N2. The lowest BCUT2D eigenvalue weighted by Crippen LogP contribution is -1.85. The van der Waals surface area contributed by atoms with Crippen LogP contribution in [0.1, 0.15) is 0 Å². The maximum absolute atomic E-state index is 4.42. The zero-order valence-electron chi connectivity index (χ0n) is 8.67. The maximum atomic E-state index is 4.42. The lowest BCUT2D eigenvalue weighted by atomic mass is 10.1. The van der Waals surface area contributed by atoms with E-state index in [1.807, 2.05) is 48.9 Å². The first-order valence-electron chi connectivity index (χ1n) is 5.19. The van der Waals surface area contributed by atoms with Crippen molar-refractivity contribution in [3.8, 4) is 11.1 Å². The van der Waals surface area contributed by atoms with Gasteiger partial charge in [0.15, 0.2) is 0 Å². The van der Waals surface area contributed by atoms with Gasteiger partial charge in [-0.25, -0.2) is 0 Å². The van der Waals surface area contributed by atoms with Gasteiger partial charge in [-0.05, 0) is 17.7 Å². The molecule has 0 bridgehead atoms. The smallest absolute Gasteiger partial charge is 0.0811 e. The highest BCUT2D eigenvalue weighted by Crippen LogP contribution is 2.25. The number of benzene rings is 1. The van der Waals surface area contributed by atoms with Crippen LogP contribution in [-0.4, -0.2) is 9.97 Å². The van der Waals surface area contributed by atoms with Gasteiger partial charge in [0.05, 0.1) is 5.52 Å². The van der Waals surface area contributed by atoms with Crippen LogP contribution < -0.4 is 0 Å². The topological polar surface area (TPSA) is 25.8 Å². The first-order chi connectivity index (χ1) is 7.95. The van der Waals surface area contributed by atoms with Crippen LogP contribution in [0.25, 0.3) is 22.0 Å². The summed E-state index contributed by atoms with van der Waals surface area (Å²) in [5.41, 5.74) is 3.24. The summed E-state index contributed by atoms with van der Waals surface area (Å²) >= 11 is 0. The molecule has 0 aliphatic heterocycles. The second kappa shape index (κ2) is 3.74. The molecule has 0 spiro atoms. The van der Waals surface area contributed by atoms with Crippen LogP contribution in [0.4, 0.5) is 0 Å². The average molecular weight is 206 g/mol. The van der Waals surface area contributed by atoms with E-state index in [2.05, 4.69) is 22.1 Å². The Bertz CT molecular complexity index is 612. The van der Waals surface area contributed by atoms with Gasteiger partial charge < -0.3 is 0 Å². The number of nitrogens with zero attached hydrogens (tertiary/aromatic N) is 2. The second-order valence-corrected chi connectivity index (χ2v) is 3.63. The van der Waals surface area contributed by atoms with Gasteiger partial charge in [0, 0.05) is 29.5 Å². The zero-order valence-corrected chi connectivity index (χ0v) is 8.67. The van der Waals surface area contributed by atoms with Gasteiger partial charge in [-0.15, -0.1) is 0 Å². The molecule has 1 aromatic carbocycles. The summed E-state index contributed by atoms with van der Waals surface area (Å²) in [4.78, 5) is 8.67. The van der Waals surface area contributed by atoms with Gasteiger partial charge in [0.1, 0.15) is 0 Å². The van der Waals surface area contributed by atoms with Crippen molar-refractivity contribution in [2.75, 3.05) is 0 Å². The quantitative estimate of drug-likeness (QED) is 0.610. The lowest BCUT2D eigenvalue weighted by Gasteiger charge is -2.04. The van der Waals surface area contributed by atoms with Crippen molar-refractivity contribution in [3.63, 3.8) is 0 Å². The van der Waals surface area contributed by atoms with E-state index in [0.29, 0.717) is 0 Å². The lowest BCUT2D eigenvalue weighted by molar-refractivity contribution is 1.32. The van der Waals surface area contributed by atoms with E-state index in [1.165, 1.54) is 0 Å². The molecule has 76 valence electrons. The molecule has 3 aromatic rings. The molecule has 0 N–H and O–H groups in total. The number of pyridine rings is 2. The van der Waals surface area contributed by atoms with E-state index < -0.39 is 0 Å². The van der Waals surface area contributed by atoms with Crippen LogP contribution in [0.3, 0.4) is 0 Å². The number of rotatable bonds is 1. The standard InChI is InChI=1S/C14H10N2/c1-2-5-11(6-3-1)13-10-15-9-12-7-4-8-16-14(12)13/h1-10H. The molecule has 0 atom stereocenters. The Balaban J connectivity index is 2.32. The fourth-order valence-corrected chi connectivity index (χ4v) is 1.83. The van der Waals surface area contributed by atoms with E-state index in [1.54, 1.807) is 0 Å². The van der Waals surface area contributed by atoms with Crippen LogP contribution in [0, 0.1) is 0 Å². The summed E-state index contributed by atoms with van der Waals surface area (Å²) in [6.07, 6.45) is 5.52. The first-order valence-corrected chi connectivity index (χ1v) is 5.19. The summed E-state index contributed by atoms with van der Waals surface area (Å²) in [5.74, 6) is 0. The molecule has 0 saturated carbocycles. The fraction of sp³-hybridized carbons (Fsp3) is 0. The van der Waals surface area contributed by atoms with Crippen molar-refractivity contribution in [1.29, 1.82) is 0 Å². The van der Waals surface area contributed by atoms with Gasteiger partial charge in [0.2, 0.25) is 0 Å². The predicted molar refractivity (Wildman–Crippen MR) is 65.0 cm³/mol. The summed E-state index contributed by atoms with van der Waals surface area (Å²) in [6.45, 7) is 0. The summed E-state index contributed by atoms with van der Waals surface area (Å²) < 4.78 is 0.